The van der Waals surface area contributed by atoms with Gasteiger partial charge in [0.2, 0.25) is 0 Å². The third-order valence-corrected chi connectivity index (χ3v) is 3.10. The summed E-state index contributed by atoms with van der Waals surface area (Å²) >= 11 is 0. The Morgan fingerprint density at radius 3 is 2.59 bits per heavy atom. The molecule has 0 spiro atoms. The summed E-state index contributed by atoms with van der Waals surface area (Å²) in [6.45, 7) is 9.69. The number of nitrogens with zero attached hydrogens (tertiary/aromatic N) is 1. The molecule has 1 saturated heterocycles. The summed E-state index contributed by atoms with van der Waals surface area (Å²) in [4.78, 5) is 13.8. The van der Waals surface area contributed by atoms with Crippen LogP contribution in [0.4, 0.5) is 4.79 Å². The van der Waals surface area contributed by atoms with Crippen molar-refractivity contribution in [2.75, 3.05) is 20.1 Å². The monoisotopic (exact) mass is 242 g/mol. The van der Waals surface area contributed by atoms with E-state index in [1.54, 1.807) is 0 Å². The predicted octanol–water partition coefficient (Wildman–Crippen LogP) is 2.24. The fourth-order valence-corrected chi connectivity index (χ4v) is 2.20. The number of likely N-dealkylation sites (N-methyl/N-ethyl adjacent to an activating group) is 1. The second-order valence-electron chi connectivity index (χ2n) is 6.16. The van der Waals surface area contributed by atoms with Crippen molar-refractivity contribution in [2.24, 2.45) is 5.92 Å². The average molecular weight is 242 g/mol. The second kappa shape index (κ2) is 5.71. The SMILES string of the molecule is C[C@@H]1CC[C@@H](CNC(=O)OC(C)(C)C)N(C)C1. The predicted molar refractivity (Wildman–Crippen MR) is 69.1 cm³/mol. The average Bonchev–Trinajstić information content (AvgIpc) is 2.13. The first-order valence-electron chi connectivity index (χ1n) is 6.45. The van der Waals surface area contributed by atoms with Gasteiger partial charge in [-0.1, -0.05) is 6.92 Å². The van der Waals surface area contributed by atoms with Crippen LogP contribution in [0.2, 0.25) is 0 Å². The van der Waals surface area contributed by atoms with Crippen molar-refractivity contribution in [1.82, 2.24) is 10.2 Å². The van der Waals surface area contributed by atoms with Crippen molar-refractivity contribution < 1.29 is 9.53 Å². The standard InChI is InChI=1S/C13H26N2O2/c1-10-6-7-11(15(5)9-10)8-14-12(16)17-13(2,3)4/h10-11H,6-9H2,1-5H3,(H,14,16)/t10-,11+/m1/s1. The maximum atomic E-state index is 11.5. The van der Waals surface area contributed by atoms with Crippen molar-refractivity contribution in [2.45, 2.75) is 52.2 Å². The van der Waals surface area contributed by atoms with Crippen molar-refractivity contribution in [1.29, 1.82) is 0 Å². The Hall–Kier alpha value is -0.770. The van der Waals surface area contributed by atoms with E-state index in [2.05, 4.69) is 24.2 Å². The van der Waals surface area contributed by atoms with Crippen LogP contribution in [0.1, 0.15) is 40.5 Å². The lowest BCUT2D eigenvalue weighted by atomic mass is 9.95. The first-order chi connectivity index (χ1) is 7.78. The van der Waals surface area contributed by atoms with Crippen molar-refractivity contribution in [3.05, 3.63) is 0 Å². The molecule has 0 aromatic carbocycles. The molecule has 100 valence electrons. The summed E-state index contributed by atoms with van der Waals surface area (Å²) in [5.74, 6) is 0.762. The Morgan fingerprint density at radius 1 is 1.41 bits per heavy atom. The maximum Gasteiger partial charge on any atom is 0.407 e. The normalized spacial score (nSPS) is 26.6. The van der Waals surface area contributed by atoms with E-state index in [1.807, 2.05) is 20.8 Å². The third kappa shape index (κ3) is 5.39. The number of piperidine rings is 1. The van der Waals surface area contributed by atoms with Crippen LogP contribution in [0.25, 0.3) is 0 Å². The molecule has 0 aromatic rings. The maximum absolute atomic E-state index is 11.5. The van der Waals surface area contributed by atoms with E-state index in [1.165, 1.54) is 6.42 Å². The molecule has 17 heavy (non-hydrogen) atoms. The summed E-state index contributed by atoms with van der Waals surface area (Å²) in [5, 5.41) is 2.85. The molecule has 1 aliphatic rings. The summed E-state index contributed by atoms with van der Waals surface area (Å²) in [5.41, 5.74) is -0.420. The molecule has 1 heterocycles. The number of nitrogens with one attached hydrogen (secondary N) is 1. The summed E-state index contributed by atoms with van der Waals surface area (Å²) < 4.78 is 5.22. The van der Waals surface area contributed by atoms with Gasteiger partial charge in [-0.2, -0.15) is 0 Å². The number of alkyl carbamates (subject to hydrolysis) is 1. The quantitative estimate of drug-likeness (QED) is 0.807. The molecule has 1 amide bonds. The number of hydrogen-bond acceptors (Lipinski definition) is 3. The molecule has 1 fully saturated rings. The molecule has 0 aliphatic carbocycles. The highest BCUT2D eigenvalue weighted by Gasteiger charge is 2.24. The molecule has 1 rings (SSSR count). The topological polar surface area (TPSA) is 41.6 Å². The van der Waals surface area contributed by atoms with Gasteiger partial charge in [0.05, 0.1) is 0 Å². The van der Waals surface area contributed by atoms with Crippen LogP contribution in [0.5, 0.6) is 0 Å². The van der Waals surface area contributed by atoms with Gasteiger partial charge in [0.25, 0.3) is 0 Å². The largest absolute Gasteiger partial charge is 0.444 e. The van der Waals surface area contributed by atoms with Gasteiger partial charge in [0.15, 0.2) is 0 Å². The molecule has 0 bridgehead atoms. The van der Waals surface area contributed by atoms with Crippen molar-refractivity contribution >= 4 is 6.09 Å². The first kappa shape index (κ1) is 14.3. The van der Waals surface area contributed by atoms with E-state index in [9.17, 15) is 4.79 Å². The zero-order valence-corrected chi connectivity index (χ0v) is 11.7. The number of amides is 1. The van der Waals surface area contributed by atoms with Crippen LogP contribution in [0.3, 0.4) is 0 Å². The fourth-order valence-electron chi connectivity index (χ4n) is 2.20. The molecule has 1 aliphatic heterocycles. The molecule has 0 saturated carbocycles. The van der Waals surface area contributed by atoms with Crippen molar-refractivity contribution in [3.63, 3.8) is 0 Å². The molecule has 4 heteroatoms. The van der Waals surface area contributed by atoms with Crippen LogP contribution in [0.15, 0.2) is 0 Å². The van der Waals surface area contributed by atoms with Crippen LogP contribution in [-0.4, -0.2) is 42.8 Å². The molecule has 4 nitrogen and oxygen atoms in total. The smallest absolute Gasteiger partial charge is 0.407 e. The first-order valence-corrected chi connectivity index (χ1v) is 6.45. The van der Waals surface area contributed by atoms with E-state index in [-0.39, 0.29) is 6.09 Å². The van der Waals surface area contributed by atoms with E-state index < -0.39 is 5.60 Å². The summed E-state index contributed by atoms with van der Waals surface area (Å²) in [6, 6.07) is 0.443. The molecule has 2 atom stereocenters. The number of carbonyl (C=O) groups excluding carboxylic acids is 1. The van der Waals surface area contributed by atoms with E-state index in [0.717, 1.165) is 18.9 Å². The van der Waals surface area contributed by atoms with Gasteiger partial charge >= 0.3 is 6.09 Å². The van der Waals surface area contributed by atoms with Gasteiger partial charge in [-0.3, -0.25) is 0 Å². The Bertz CT molecular complexity index is 261. The zero-order valence-electron chi connectivity index (χ0n) is 11.7. The van der Waals surface area contributed by atoms with Gasteiger partial charge in [-0.25, -0.2) is 4.79 Å². The van der Waals surface area contributed by atoms with E-state index >= 15 is 0 Å². The summed E-state index contributed by atoms with van der Waals surface area (Å²) in [6.07, 6.45) is 2.07. The van der Waals surface area contributed by atoms with Gasteiger partial charge in [0.1, 0.15) is 5.60 Å². The van der Waals surface area contributed by atoms with Crippen LogP contribution in [-0.2, 0) is 4.74 Å². The Morgan fingerprint density at radius 2 is 2.06 bits per heavy atom. The van der Waals surface area contributed by atoms with Crippen LogP contribution in [0, 0.1) is 5.92 Å². The van der Waals surface area contributed by atoms with Crippen molar-refractivity contribution in [3.8, 4) is 0 Å². The number of ether oxygens (including phenoxy) is 1. The highest BCUT2D eigenvalue weighted by atomic mass is 16.6. The Kier molecular flexibility index (Phi) is 4.80. The number of likely N-dealkylation sites (tertiary alicyclic amines) is 1. The minimum atomic E-state index is -0.420. The number of carbonyl (C=O) groups is 1. The van der Waals surface area contributed by atoms with Gasteiger partial charge < -0.3 is 15.0 Å². The van der Waals surface area contributed by atoms with Gasteiger partial charge in [0, 0.05) is 19.1 Å². The number of hydrogen-bond donors (Lipinski definition) is 1. The lowest BCUT2D eigenvalue weighted by Crippen LogP contribution is -2.47. The van der Waals surface area contributed by atoms with Crippen LogP contribution < -0.4 is 5.32 Å². The fraction of sp³-hybridized carbons (Fsp3) is 0.923. The molecular formula is C13H26N2O2. The van der Waals surface area contributed by atoms with E-state index in [4.69, 9.17) is 4.74 Å². The molecule has 1 N–H and O–H groups in total. The second-order valence-corrected chi connectivity index (χ2v) is 6.16. The third-order valence-electron chi connectivity index (χ3n) is 3.10. The molecule has 0 aromatic heterocycles. The van der Waals surface area contributed by atoms with Gasteiger partial charge in [-0.05, 0) is 46.6 Å². The molecule has 0 radical (unpaired) electrons. The Labute approximate surface area is 105 Å². The Balaban J connectivity index is 2.28. The van der Waals surface area contributed by atoms with Gasteiger partial charge in [-0.15, -0.1) is 0 Å². The highest BCUT2D eigenvalue weighted by Crippen LogP contribution is 2.19. The number of rotatable bonds is 2. The zero-order chi connectivity index (χ0) is 13.1. The minimum absolute atomic E-state index is 0.315. The minimum Gasteiger partial charge on any atom is -0.444 e. The highest BCUT2D eigenvalue weighted by molar-refractivity contribution is 5.67. The molecule has 0 unspecified atom stereocenters. The molecular weight excluding hydrogens is 216 g/mol. The van der Waals surface area contributed by atoms with Crippen LogP contribution >= 0.6 is 0 Å². The summed E-state index contributed by atoms with van der Waals surface area (Å²) in [7, 11) is 2.12. The lowest BCUT2D eigenvalue weighted by Gasteiger charge is -2.36. The van der Waals surface area contributed by atoms with E-state index in [0.29, 0.717) is 12.6 Å². The lowest BCUT2D eigenvalue weighted by molar-refractivity contribution is 0.0496.